The van der Waals surface area contributed by atoms with Crippen LogP contribution in [0.2, 0.25) is 0 Å². The molecule has 2 N–H and O–H groups in total. The number of rotatable bonds is 5. The maximum Gasteiger partial charge on any atom is 0.417 e. The van der Waals surface area contributed by atoms with Gasteiger partial charge in [-0.05, 0) is 75.0 Å². The molecule has 40 heavy (non-hydrogen) atoms. The van der Waals surface area contributed by atoms with Crippen molar-refractivity contribution in [2.24, 2.45) is 11.3 Å². The van der Waals surface area contributed by atoms with Gasteiger partial charge in [0.05, 0.1) is 23.7 Å². The number of fused-ring (bicyclic) bond motifs is 2. The Kier molecular flexibility index (Phi) is 7.05. The molecule has 0 unspecified atom stereocenters. The number of hydrogen-bond donors (Lipinski definition) is 2. The molecule has 3 atom stereocenters. The fraction of sp³-hybridized carbons (Fsp3) is 0.633. The van der Waals surface area contributed by atoms with Crippen molar-refractivity contribution < 1.29 is 27.8 Å². The van der Waals surface area contributed by atoms with Crippen molar-refractivity contribution in [3.8, 4) is 5.88 Å². The van der Waals surface area contributed by atoms with E-state index in [-0.39, 0.29) is 24.5 Å². The second kappa shape index (κ2) is 10.3. The summed E-state index contributed by atoms with van der Waals surface area (Å²) in [6, 6.07) is 5.32. The molecule has 3 saturated carbocycles. The van der Waals surface area contributed by atoms with Crippen molar-refractivity contribution in [2.45, 2.75) is 94.6 Å². The third kappa shape index (κ3) is 4.98. The van der Waals surface area contributed by atoms with E-state index in [9.17, 15) is 23.1 Å². The Hall–Kier alpha value is -2.72. The molecule has 3 heterocycles. The molecule has 2 aromatic heterocycles. The van der Waals surface area contributed by atoms with Crippen LogP contribution in [0.3, 0.4) is 0 Å². The van der Waals surface area contributed by atoms with Gasteiger partial charge in [-0.1, -0.05) is 6.42 Å². The molecular weight excluding hydrogens is 521 g/mol. The molecule has 0 radical (unpaired) electrons. The van der Waals surface area contributed by atoms with Crippen molar-refractivity contribution in [3.05, 3.63) is 53.0 Å². The Balaban J connectivity index is 1.09. The number of aromatic nitrogens is 2. The van der Waals surface area contributed by atoms with Crippen LogP contribution in [0.1, 0.15) is 80.2 Å². The van der Waals surface area contributed by atoms with E-state index >= 15 is 0 Å². The summed E-state index contributed by atoms with van der Waals surface area (Å²) in [7, 11) is 1.57. The second-order valence-corrected chi connectivity index (χ2v) is 12.2. The summed E-state index contributed by atoms with van der Waals surface area (Å²) in [5.74, 6) is 0.922. The summed E-state index contributed by atoms with van der Waals surface area (Å²) in [5, 5.41) is 15.1. The van der Waals surface area contributed by atoms with Crippen molar-refractivity contribution in [3.63, 3.8) is 0 Å². The monoisotopic (exact) mass is 558 g/mol. The number of methoxy groups -OCH3 is 1. The van der Waals surface area contributed by atoms with Gasteiger partial charge in [-0.25, -0.2) is 4.98 Å². The van der Waals surface area contributed by atoms with Crippen LogP contribution in [0, 0.1) is 11.3 Å². The van der Waals surface area contributed by atoms with Crippen LogP contribution in [-0.4, -0.2) is 51.6 Å². The molecule has 0 saturated heterocycles. The first-order chi connectivity index (χ1) is 19.1. The zero-order chi connectivity index (χ0) is 28.1. The summed E-state index contributed by atoms with van der Waals surface area (Å²) in [6.07, 6.45) is 6.16. The number of aliphatic hydroxyl groups is 1. The van der Waals surface area contributed by atoms with E-state index in [1.165, 1.54) is 0 Å². The third-order valence-corrected chi connectivity index (χ3v) is 9.98. The molecule has 1 aliphatic heterocycles. The Labute approximate surface area is 232 Å². The van der Waals surface area contributed by atoms with Gasteiger partial charge in [-0.3, -0.25) is 9.78 Å². The number of halogens is 3. The Morgan fingerprint density at radius 1 is 1.12 bits per heavy atom. The van der Waals surface area contributed by atoms with Crippen LogP contribution in [0.25, 0.3) is 0 Å². The summed E-state index contributed by atoms with van der Waals surface area (Å²) in [4.78, 5) is 24.1. The second-order valence-electron chi connectivity index (χ2n) is 12.2. The van der Waals surface area contributed by atoms with Gasteiger partial charge >= 0.3 is 6.18 Å². The first-order valence-corrected chi connectivity index (χ1v) is 14.4. The number of carbonyl (C=O) groups is 1. The fourth-order valence-corrected chi connectivity index (χ4v) is 7.85. The van der Waals surface area contributed by atoms with Crippen molar-refractivity contribution >= 4 is 5.91 Å². The van der Waals surface area contributed by atoms with Crippen LogP contribution < -0.4 is 10.1 Å². The highest BCUT2D eigenvalue weighted by Crippen LogP contribution is 2.56. The molecule has 4 aliphatic rings. The molecule has 6 rings (SSSR count). The van der Waals surface area contributed by atoms with Gasteiger partial charge in [0.15, 0.2) is 0 Å². The van der Waals surface area contributed by atoms with Crippen molar-refractivity contribution in [1.29, 1.82) is 0 Å². The average molecular weight is 559 g/mol. The van der Waals surface area contributed by atoms with Gasteiger partial charge in [0, 0.05) is 61.3 Å². The van der Waals surface area contributed by atoms with Crippen molar-refractivity contribution in [1.82, 2.24) is 20.2 Å². The minimum Gasteiger partial charge on any atom is -0.481 e. The molecule has 10 heteroatoms. The number of amides is 1. The number of hydrogen-bond acceptors (Lipinski definition) is 6. The zero-order valence-corrected chi connectivity index (χ0v) is 22.8. The van der Waals surface area contributed by atoms with Crippen LogP contribution in [0.15, 0.2) is 30.6 Å². The number of ether oxygens (including phenoxy) is 1. The summed E-state index contributed by atoms with van der Waals surface area (Å²) in [5.41, 5.74) is -0.112. The minimum atomic E-state index is -4.45. The fourth-order valence-electron chi connectivity index (χ4n) is 7.85. The number of nitrogens with one attached hydrogen (secondary N) is 1. The predicted molar refractivity (Wildman–Crippen MR) is 141 cm³/mol. The highest BCUT2D eigenvalue weighted by Gasteiger charge is 2.56. The molecule has 3 fully saturated rings. The number of nitrogens with zero attached hydrogens (tertiary/aromatic N) is 3. The minimum absolute atomic E-state index is 0.104. The van der Waals surface area contributed by atoms with E-state index in [4.69, 9.17) is 4.74 Å². The lowest BCUT2D eigenvalue weighted by Crippen LogP contribution is -2.47. The first-order valence-electron chi connectivity index (χ1n) is 14.4. The lowest BCUT2D eigenvalue weighted by molar-refractivity contribution is -0.144. The molecule has 7 nitrogen and oxygen atoms in total. The lowest BCUT2D eigenvalue weighted by atomic mass is 9.77. The topological polar surface area (TPSA) is 87.6 Å². The summed E-state index contributed by atoms with van der Waals surface area (Å²) in [6.45, 7) is 0.692. The standard InChI is InChI=1S/C30H37F3N4O3/c1-40-26-5-4-21(16-35-26)29(39)10-6-23(7-11-29)36-24-14-20-3-2-9-28(20,15-24)27(38)37-12-8-25-19(18-37)13-22(17-34-25)30(31,32)33/h4-5,13,16-17,20,23-24,36,39H,2-3,6-12,14-15,18H2,1H3/t20-,23-,24-,28-,29-/m1/s1. The molecule has 216 valence electrons. The highest BCUT2D eigenvalue weighted by atomic mass is 19.4. The van der Waals surface area contributed by atoms with Gasteiger partial charge in [-0.2, -0.15) is 13.2 Å². The maximum absolute atomic E-state index is 14.0. The quantitative estimate of drug-likeness (QED) is 0.551. The van der Waals surface area contributed by atoms with E-state index in [0.717, 1.165) is 62.8 Å². The average Bonchev–Trinajstić information content (AvgIpc) is 3.51. The molecule has 0 aromatic carbocycles. The Morgan fingerprint density at radius 3 is 2.62 bits per heavy atom. The van der Waals surface area contributed by atoms with Gasteiger partial charge in [0.2, 0.25) is 11.8 Å². The van der Waals surface area contributed by atoms with E-state index in [2.05, 4.69) is 15.3 Å². The summed E-state index contributed by atoms with van der Waals surface area (Å²) >= 11 is 0. The van der Waals surface area contributed by atoms with Gasteiger partial charge in [0.1, 0.15) is 0 Å². The van der Waals surface area contributed by atoms with Gasteiger partial charge in [0.25, 0.3) is 0 Å². The first kappa shape index (κ1) is 27.4. The van der Waals surface area contributed by atoms with Gasteiger partial charge in [-0.15, -0.1) is 0 Å². The molecule has 2 aromatic rings. The van der Waals surface area contributed by atoms with E-state index in [0.29, 0.717) is 48.9 Å². The van der Waals surface area contributed by atoms with Gasteiger partial charge < -0.3 is 20.1 Å². The lowest BCUT2D eigenvalue weighted by Gasteiger charge is -2.38. The van der Waals surface area contributed by atoms with E-state index in [1.54, 1.807) is 24.3 Å². The highest BCUT2D eigenvalue weighted by molar-refractivity contribution is 5.84. The normalized spacial score (nSPS) is 32.0. The largest absolute Gasteiger partial charge is 0.481 e. The number of carbonyl (C=O) groups excluding carboxylic acids is 1. The smallest absolute Gasteiger partial charge is 0.417 e. The van der Waals surface area contributed by atoms with E-state index in [1.807, 2.05) is 6.07 Å². The Morgan fingerprint density at radius 2 is 1.93 bits per heavy atom. The number of alkyl halides is 3. The van der Waals surface area contributed by atoms with Crippen LogP contribution in [-0.2, 0) is 29.5 Å². The molecule has 0 spiro atoms. The van der Waals surface area contributed by atoms with Crippen LogP contribution >= 0.6 is 0 Å². The van der Waals surface area contributed by atoms with E-state index < -0.39 is 22.8 Å². The SMILES string of the molecule is COc1ccc([C@]2(O)CC[C@H](N[C@@H]3C[C@H]4CCC[C@@]4(C(=O)N4CCc5ncc(C(F)(F)F)cc5C4)C3)CC2)cn1. The molecular formula is C30H37F3N4O3. The van der Waals surface area contributed by atoms with Crippen LogP contribution in [0.5, 0.6) is 5.88 Å². The predicted octanol–water partition coefficient (Wildman–Crippen LogP) is 4.76. The zero-order valence-electron chi connectivity index (χ0n) is 22.8. The molecule has 3 aliphatic carbocycles. The van der Waals surface area contributed by atoms with Crippen LogP contribution in [0.4, 0.5) is 13.2 Å². The molecule has 1 amide bonds. The Bertz CT molecular complexity index is 1250. The molecule has 0 bridgehead atoms. The third-order valence-electron chi connectivity index (χ3n) is 9.98. The maximum atomic E-state index is 14.0. The number of pyridine rings is 2. The van der Waals surface area contributed by atoms with Crippen molar-refractivity contribution in [2.75, 3.05) is 13.7 Å². The summed E-state index contributed by atoms with van der Waals surface area (Å²) < 4.78 is 45.0.